The largest absolute Gasteiger partial charge is 0.351 e. The number of aromatic amines is 1. The van der Waals surface area contributed by atoms with Gasteiger partial charge in [-0.05, 0) is 13.8 Å². The SMILES string of the molecule is C=C(Cl)CNC(=O)Cc1c(C)nc(=O)[nH]c1C. The van der Waals surface area contributed by atoms with E-state index in [0.29, 0.717) is 16.4 Å². The molecule has 0 radical (unpaired) electrons. The molecule has 2 N–H and O–H groups in total. The predicted molar refractivity (Wildman–Crippen MR) is 66.0 cm³/mol. The van der Waals surface area contributed by atoms with Gasteiger partial charge in [0.15, 0.2) is 0 Å². The zero-order chi connectivity index (χ0) is 13.0. The number of hydrogen-bond donors (Lipinski definition) is 2. The van der Waals surface area contributed by atoms with Crippen LogP contribution in [0.15, 0.2) is 16.4 Å². The second-order valence-corrected chi connectivity index (χ2v) is 4.24. The Bertz CT molecular complexity index is 482. The van der Waals surface area contributed by atoms with E-state index in [2.05, 4.69) is 21.9 Å². The monoisotopic (exact) mass is 255 g/mol. The molecular formula is C11H14ClN3O2. The highest BCUT2D eigenvalue weighted by atomic mass is 35.5. The van der Waals surface area contributed by atoms with Gasteiger partial charge in [-0.1, -0.05) is 18.2 Å². The Labute approximate surface area is 104 Å². The van der Waals surface area contributed by atoms with Crippen molar-refractivity contribution in [3.63, 3.8) is 0 Å². The van der Waals surface area contributed by atoms with Crippen molar-refractivity contribution in [3.8, 4) is 0 Å². The van der Waals surface area contributed by atoms with Crippen molar-refractivity contribution < 1.29 is 4.79 Å². The Balaban J connectivity index is 2.78. The highest BCUT2D eigenvalue weighted by Gasteiger charge is 2.10. The maximum atomic E-state index is 11.6. The zero-order valence-corrected chi connectivity index (χ0v) is 10.5. The molecule has 0 saturated carbocycles. The van der Waals surface area contributed by atoms with Gasteiger partial charge >= 0.3 is 5.69 Å². The first-order chi connectivity index (χ1) is 7.90. The average Bonchev–Trinajstić information content (AvgIpc) is 2.20. The van der Waals surface area contributed by atoms with Crippen LogP contribution < -0.4 is 11.0 Å². The Morgan fingerprint density at radius 3 is 2.71 bits per heavy atom. The number of rotatable bonds is 4. The van der Waals surface area contributed by atoms with Crippen molar-refractivity contribution in [1.29, 1.82) is 0 Å². The van der Waals surface area contributed by atoms with Crippen LogP contribution in [0.1, 0.15) is 17.0 Å². The number of amides is 1. The first kappa shape index (κ1) is 13.4. The van der Waals surface area contributed by atoms with Gasteiger partial charge < -0.3 is 10.3 Å². The molecule has 0 aromatic carbocycles. The summed E-state index contributed by atoms with van der Waals surface area (Å²) in [6.07, 6.45) is 0.158. The second-order valence-electron chi connectivity index (χ2n) is 3.70. The van der Waals surface area contributed by atoms with E-state index in [9.17, 15) is 9.59 Å². The second kappa shape index (κ2) is 5.63. The van der Waals surface area contributed by atoms with Crippen molar-refractivity contribution in [2.75, 3.05) is 6.54 Å². The fourth-order valence-corrected chi connectivity index (χ4v) is 1.50. The Kier molecular flexibility index (Phi) is 4.45. The molecule has 0 bridgehead atoms. The van der Waals surface area contributed by atoms with Crippen LogP contribution in [0, 0.1) is 13.8 Å². The quantitative estimate of drug-likeness (QED) is 0.836. The van der Waals surface area contributed by atoms with Gasteiger partial charge in [-0.2, -0.15) is 4.98 Å². The summed E-state index contributed by atoms with van der Waals surface area (Å²) in [5.41, 5.74) is 1.54. The van der Waals surface area contributed by atoms with Gasteiger partial charge in [0.25, 0.3) is 0 Å². The molecule has 1 heterocycles. The predicted octanol–water partition coefficient (Wildman–Crippen LogP) is 0.798. The summed E-state index contributed by atoms with van der Waals surface area (Å²) >= 11 is 5.54. The molecule has 0 aliphatic carbocycles. The minimum absolute atomic E-state index is 0.158. The number of nitrogens with zero attached hydrogens (tertiary/aromatic N) is 1. The molecule has 1 amide bonds. The fourth-order valence-electron chi connectivity index (χ4n) is 1.43. The van der Waals surface area contributed by atoms with Gasteiger partial charge in [0.1, 0.15) is 0 Å². The lowest BCUT2D eigenvalue weighted by molar-refractivity contribution is -0.120. The molecule has 0 atom stereocenters. The third-order valence-electron chi connectivity index (χ3n) is 2.27. The molecular weight excluding hydrogens is 242 g/mol. The third kappa shape index (κ3) is 4.03. The molecule has 92 valence electrons. The normalized spacial score (nSPS) is 10.1. The van der Waals surface area contributed by atoms with Crippen LogP contribution in [-0.2, 0) is 11.2 Å². The van der Waals surface area contributed by atoms with Gasteiger partial charge in [-0.3, -0.25) is 4.79 Å². The number of carbonyl (C=O) groups is 1. The molecule has 0 aliphatic rings. The minimum atomic E-state index is -0.404. The van der Waals surface area contributed by atoms with E-state index in [1.54, 1.807) is 13.8 Å². The maximum Gasteiger partial charge on any atom is 0.345 e. The van der Waals surface area contributed by atoms with E-state index in [0.717, 1.165) is 5.56 Å². The summed E-state index contributed by atoms with van der Waals surface area (Å²) in [4.78, 5) is 29.0. The standard InChI is InChI=1S/C11H14ClN3O2/c1-6(12)5-13-10(16)4-9-7(2)14-11(17)15-8(9)3/h1,4-5H2,2-3H3,(H,13,16)(H,14,15,17). The van der Waals surface area contributed by atoms with Crippen molar-refractivity contribution in [1.82, 2.24) is 15.3 Å². The summed E-state index contributed by atoms with van der Waals surface area (Å²) in [6.45, 7) is 7.14. The Morgan fingerprint density at radius 2 is 2.18 bits per heavy atom. The van der Waals surface area contributed by atoms with Crippen LogP contribution in [0.2, 0.25) is 0 Å². The first-order valence-corrected chi connectivity index (χ1v) is 5.44. The Morgan fingerprint density at radius 1 is 1.53 bits per heavy atom. The molecule has 0 saturated heterocycles. The molecule has 1 aromatic heterocycles. The van der Waals surface area contributed by atoms with Crippen LogP contribution >= 0.6 is 11.6 Å². The summed E-state index contributed by atoms with van der Waals surface area (Å²) in [6, 6.07) is 0. The van der Waals surface area contributed by atoms with Crippen LogP contribution in [0.25, 0.3) is 0 Å². The highest BCUT2D eigenvalue weighted by molar-refractivity contribution is 6.29. The van der Waals surface area contributed by atoms with Gasteiger partial charge in [-0.15, -0.1) is 0 Å². The third-order valence-corrected chi connectivity index (χ3v) is 2.40. The molecule has 0 unspecified atom stereocenters. The number of nitrogens with one attached hydrogen (secondary N) is 2. The molecule has 1 rings (SSSR count). The van der Waals surface area contributed by atoms with E-state index in [1.807, 2.05) is 0 Å². The van der Waals surface area contributed by atoms with Crippen LogP contribution in [0.4, 0.5) is 0 Å². The lowest BCUT2D eigenvalue weighted by Gasteiger charge is -2.08. The van der Waals surface area contributed by atoms with Crippen molar-refractivity contribution >= 4 is 17.5 Å². The topological polar surface area (TPSA) is 74.8 Å². The molecule has 0 aliphatic heterocycles. The minimum Gasteiger partial charge on any atom is -0.351 e. The van der Waals surface area contributed by atoms with E-state index < -0.39 is 5.69 Å². The summed E-state index contributed by atoms with van der Waals surface area (Å²) < 4.78 is 0. The molecule has 5 nitrogen and oxygen atoms in total. The van der Waals surface area contributed by atoms with Gasteiger partial charge in [0.05, 0.1) is 13.0 Å². The molecule has 6 heteroatoms. The lowest BCUT2D eigenvalue weighted by Crippen LogP contribution is -2.28. The van der Waals surface area contributed by atoms with Crippen LogP contribution in [0.5, 0.6) is 0 Å². The summed E-state index contributed by atoms with van der Waals surface area (Å²) in [5, 5.41) is 2.98. The molecule has 17 heavy (non-hydrogen) atoms. The van der Waals surface area contributed by atoms with Crippen LogP contribution in [0.3, 0.4) is 0 Å². The molecule has 1 aromatic rings. The summed E-state index contributed by atoms with van der Waals surface area (Å²) in [5.74, 6) is -0.188. The number of carbonyl (C=O) groups excluding carboxylic acids is 1. The smallest absolute Gasteiger partial charge is 0.345 e. The number of aromatic nitrogens is 2. The summed E-state index contributed by atoms with van der Waals surface area (Å²) in [7, 11) is 0. The van der Waals surface area contributed by atoms with Crippen molar-refractivity contribution in [3.05, 3.63) is 39.0 Å². The average molecular weight is 256 g/mol. The van der Waals surface area contributed by atoms with E-state index in [1.165, 1.54) is 0 Å². The van der Waals surface area contributed by atoms with Gasteiger partial charge in [0.2, 0.25) is 5.91 Å². The highest BCUT2D eigenvalue weighted by Crippen LogP contribution is 2.07. The number of halogens is 1. The number of hydrogen-bond acceptors (Lipinski definition) is 3. The molecule has 0 spiro atoms. The van der Waals surface area contributed by atoms with E-state index in [-0.39, 0.29) is 18.9 Å². The first-order valence-electron chi connectivity index (χ1n) is 5.06. The van der Waals surface area contributed by atoms with Crippen molar-refractivity contribution in [2.24, 2.45) is 0 Å². The lowest BCUT2D eigenvalue weighted by atomic mass is 10.1. The van der Waals surface area contributed by atoms with E-state index >= 15 is 0 Å². The maximum absolute atomic E-state index is 11.6. The Hall–Kier alpha value is -1.62. The van der Waals surface area contributed by atoms with E-state index in [4.69, 9.17) is 11.6 Å². The number of aryl methyl sites for hydroxylation is 2. The fraction of sp³-hybridized carbons (Fsp3) is 0.364. The van der Waals surface area contributed by atoms with Gasteiger partial charge in [-0.25, -0.2) is 4.79 Å². The number of H-pyrrole nitrogens is 1. The van der Waals surface area contributed by atoms with Crippen molar-refractivity contribution in [2.45, 2.75) is 20.3 Å². The zero-order valence-electron chi connectivity index (χ0n) is 9.76. The van der Waals surface area contributed by atoms with Gasteiger partial charge in [0, 0.05) is 22.0 Å². The van der Waals surface area contributed by atoms with Crippen LogP contribution in [-0.4, -0.2) is 22.4 Å². The molecule has 0 fully saturated rings.